The Morgan fingerprint density at radius 1 is 1.19 bits per heavy atom. The van der Waals surface area contributed by atoms with Gasteiger partial charge in [-0.1, -0.05) is 37.3 Å². The molecule has 0 aliphatic carbocycles. The maximum absolute atomic E-state index is 12.8. The molecule has 2 rings (SSSR count). The molecule has 1 saturated heterocycles. The molecule has 6 heteroatoms. The first kappa shape index (κ1) is 20.5. The summed E-state index contributed by atoms with van der Waals surface area (Å²) in [6.07, 6.45) is 4.35. The number of nitrogens with one attached hydrogen (secondary N) is 1. The number of thioether (sulfide) groups is 1. The summed E-state index contributed by atoms with van der Waals surface area (Å²) in [6.45, 7) is 2.92. The van der Waals surface area contributed by atoms with Crippen molar-refractivity contribution in [1.29, 1.82) is 0 Å². The molecule has 0 spiro atoms. The molecule has 142 valence electrons. The first-order valence-electron chi connectivity index (χ1n) is 9.23. The lowest BCUT2D eigenvalue weighted by Crippen LogP contribution is -2.51. The molecule has 0 radical (unpaired) electrons. The first-order chi connectivity index (χ1) is 12.6. The minimum Gasteiger partial charge on any atom is -0.344 e. The molecular weight excluding hydrogens is 348 g/mol. The average molecular weight is 377 g/mol. The van der Waals surface area contributed by atoms with E-state index in [1.807, 2.05) is 36.6 Å². The maximum Gasteiger partial charge on any atom is 0.245 e. The monoisotopic (exact) mass is 376 g/mol. The van der Waals surface area contributed by atoms with E-state index >= 15 is 0 Å². The van der Waals surface area contributed by atoms with Gasteiger partial charge in [0, 0.05) is 31.0 Å². The van der Waals surface area contributed by atoms with Crippen LogP contribution < -0.4 is 5.32 Å². The Morgan fingerprint density at radius 2 is 1.85 bits per heavy atom. The van der Waals surface area contributed by atoms with E-state index in [4.69, 9.17) is 0 Å². The van der Waals surface area contributed by atoms with Crippen molar-refractivity contribution in [1.82, 2.24) is 10.2 Å². The number of benzene rings is 1. The first-order valence-corrected chi connectivity index (χ1v) is 10.6. The molecule has 26 heavy (non-hydrogen) atoms. The number of amides is 2. The molecule has 1 aromatic rings. The molecule has 1 aliphatic rings. The van der Waals surface area contributed by atoms with E-state index in [1.54, 1.807) is 23.6 Å². The van der Waals surface area contributed by atoms with E-state index in [9.17, 15) is 14.4 Å². The standard InChI is InChI=1S/C20H28N2O3S/c1-3-18(23)21-17(11-14-26-2)20(25)22-12-9-16(10-13-22)19(24)15-7-5-4-6-8-15/h4-8,16-17H,3,9-14H2,1-2H3,(H,21,23). The molecule has 1 N–H and O–H groups in total. The van der Waals surface area contributed by atoms with Gasteiger partial charge in [-0.05, 0) is 31.3 Å². The number of Topliss-reactive ketones (excluding diaryl/α,β-unsaturated/α-hetero) is 1. The summed E-state index contributed by atoms with van der Waals surface area (Å²) in [6, 6.07) is 8.88. The Balaban J connectivity index is 1.92. The minimum absolute atomic E-state index is 0.0218. The van der Waals surface area contributed by atoms with Crippen LogP contribution in [0.1, 0.15) is 43.0 Å². The molecular formula is C20H28N2O3S. The van der Waals surface area contributed by atoms with Crippen LogP contribution in [0.25, 0.3) is 0 Å². The fourth-order valence-corrected chi connectivity index (χ4v) is 3.68. The predicted molar refractivity (Wildman–Crippen MR) is 105 cm³/mol. The van der Waals surface area contributed by atoms with Gasteiger partial charge in [0.25, 0.3) is 0 Å². The molecule has 1 aromatic carbocycles. The van der Waals surface area contributed by atoms with Crippen LogP contribution in [0.3, 0.4) is 0 Å². The van der Waals surface area contributed by atoms with Crippen molar-refractivity contribution in [3.05, 3.63) is 35.9 Å². The van der Waals surface area contributed by atoms with Crippen LogP contribution in [0.4, 0.5) is 0 Å². The lowest BCUT2D eigenvalue weighted by atomic mass is 9.88. The van der Waals surface area contributed by atoms with Crippen LogP contribution >= 0.6 is 11.8 Å². The second-order valence-electron chi connectivity index (χ2n) is 6.58. The van der Waals surface area contributed by atoms with Crippen LogP contribution in [-0.4, -0.2) is 53.6 Å². The van der Waals surface area contributed by atoms with E-state index in [-0.39, 0.29) is 23.5 Å². The summed E-state index contributed by atoms with van der Waals surface area (Å²) in [7, 11) is 0. The molecule has 0 bridgehead atoms. The summed E-state index contributed by atoms with van der Waals surface area (Å²) in [5.74, 6) is 0.834. The van der Waals surface area contributed by atoms with Gasteiger partial charge in [0.1, 0.15) is 6.04 Å². The van der Waals surface area contributed by atoms with Gasteiger partial charge in [-0.15, -0.1) is 0 Å². The third-order valence-corrected chi connectivity index (χ3v) is 5.44. The summed E-state index contributed by atoms with van der Waals surface area (Å²) in [5.41, 5.74) is 0.741. The Labute approximate surface area is 159 Å². The SMILES string of the molecule is CCC(=O)NC(CCSC)C(=O)N1CCC(C(=O)c2ccccc2)CC1. The number of carbonyl (C=O) groups excluding carboxylic acids is 3. The molecule has 2 amide bonds. The second-order valence-corrected chi connectivity index (χ2v) is 7.57. The molecule has 1 aliphatic heterocycles. The smallest absolute Gasteiger partial charge is 0.245 e. The third-order valence-electron chi connectivity index (χ3n) is 4.80. The number of piperidine rings is 1. The molecule has 0 aromatic heterocycles. The molecule has 1 fully saturated rings. The van der Waals surface area contributed by atoms with Crippen molar-refractivity contribution >= 4 is 29.4 Å². The minimum atomic E-state index is -0.462. The summed E-state index contributed by atoms with van der Waals surface area (Å²) >= 11 is 1.66. The van der Waals surface area contributed by atoms with Crippen LogP contribution in [0.2, 0.25) is 0 Å². The number of rotatable bonds is 8. The van der Waals surface area contributed by atoms with Crippen molar-refractivity contribution in [2.24, 2.45) is 5.92 Å². The van der Waals surface area contributed by atoms with E-state index in [1.165, 1.54) is 0 Å². The van der Waals surface area contributed by atoms with Gasteiger partial charge in [-0.3, -0.25) is 14.4 Å². The Kier molecular flexibility index (Phi) is 8.16. The molecule has 1 unspecified atom stereocenters. The molecule has 5 nitrogen and oxygen atoms in total. The van der Waals surface area contributed by atoms with E-state index in [0.717, 1.165) is 11.3 Å². The largest absolute Gasteiger partial charge is 0.344 e. The van der Waals surface area contributed by atoms with E-state index in [0.29, 0.717) is 38.8 Å². The number of hydrogen-bond donors (Lipinski definition) is 1. The highest BCUT2D eigenvalue weighted by Crippen LogP contribution is 2.22. The second kappa shape index (κ2) is 10.4. The highest BCUT2D eigenvalue weighted by atomic mass is 32.2. The number of likely N-dealkylation sites (tertiary alicyclic amines) is 1. The van der Waals surface area contributed by atoms with Crippen LogP contribution in [0.15, 0.2) is 30.3 Å². The van der Waals surface area contributed by atoms with E-state index < -0.39 is 6.04 Å². The predicted octanol–water partition coefficient (Wildman–Crippen LogP) is 2.76. The molecule has 0 saturated carbocycles. The zero-order chi connectivity index (χ0) is 18.9. The number of nitrogens with zero attached hydrogens (tertiary/aromatic N) is 1. The normalized spacial score (nSPS) is 16.2. The fraction of sp³-hybridized carbons (Fsp3) is 0.550. The Morgan fingerprint density at radius 3 is 2.42 bits per heavy atom. The lowest BCUT2D eigenvalue weighted by Gasteiger charge is -2.34. The quantitative estimate of drug-likeness (QED) is 0.709. The van der Waals surface area contributed by atoms with Crippen molar-refractivity contribution in [3.63, 3.8) is 0 Å². The van der Waals surface area contributed by atoms with Crippen molar-refractivity contribution < 1.29 is 14.4 Å². The van der Waals surface area contributed by atoms with Crippen molar-refractivity contribution in [3.8, 4) is 0 Å². The Bertz CT molecular complexity index is 613. The summed E-state index contributed by atoms with van der Waals surface area (Å²) < 4.78 is 0. The van der Waals surface area contributed by atoms with Gasteiger partial charge in [-0.2, -0.15) is 11.8 Å². The van der Waals surface area contributed by atoms with Gasteiger partial charge >= 0.3 is 0 Å². The maximum atomic E-state index is 12.8. The molecule has 1 atom stereocenters. The molecule has 1 heterocycles. The zero-order valence-electron chi connectivity index (χ0n) is 15.6. The van der Waals surface area contributed by atoms with Gasteiger partial charge in [0.05, 0.1) is 0 Å². The lowest BCUT2D eigenvalue weighted by molar-refractivity contribution is -0.137. The van der Waals surface area contributed by atoms with Crippen molar-refractivity contribution in [2.45, 2.75) is 38.6 Å². The van der Waals surface area contributed by atoms with Gasteiger partial charge < -0.3 is 10.2 Å². The van der Waals surface area contributed by atoms with Gasteiger partial charge in [0.15, 0.2) is 5.78 Å². The number of ketones is 1. The third kappa shape index (κ3) is 5.59. The van der Waals surface area contributed by atoms with Gasteiger partial charge in [-0.25, -0.2) is 0 Å². The highest BCUT2D eigenvalue weighted by molar-refractivity contribution is 7.98. The average Bonchev–Trinajstić information content (AvgIpc) is 2.70. The topological polar surface area (TPSA) is 66.5 Å². The van der Waals surface area contributed by atoms with Crippen LogP contribution in [0, 0.1) is 5.92 Å². The fourth-order valence-electron chi connectivity index (χ4n) is 3.21. The van der Waals surface area contributed by atoms with Gasteiger partial charge in [0.2, 0.25) is 11.8 Å². The Hall–Kier alpha value is -1.82. The van der Waals surface area contributed by atoms with E-state index in [2.05, 4.69) is 5.32 Å². The summed E-state index contributed by atoms with van der Waals surface area (Å²) in [5, 5.41) is 2.85. The van der Waals surface area contributed by atoms with Crippen LogP contribution in [0.5, 0.6) is 0 Å². The summed E-state index contributed by atoms with van der Waals surface area (Å²) in [4.78, 5) is 38.9. The highest BCUT2D eigenvalue weighted by Gasteiger charge is 2.31. The number of carbonyl (C=O) groups is 3. The zero-order valence-corrected chi connectivity index (χ0v) is 16.4. The van der Waals surface area contributed by atoms with Crippen LogP contribution in [-0.2, 0) is 9.59 Å². The number of hydrogen-bond acceptors (Lipinski definition) is 4. The van der Waals surface area contributed by atoms with Crippen molar-refractivity contribution in [2.75, 3.05) is 25.1 Å².